The van der Waals surface area contributed by atoms with Crippen molar-refractivity contribution in [1.82, 2.24) is 15.3 Å². The smallest absolute Gasteiger partial charge is 0.255 e. The molecule has 0 atom stereocenters. The van der Waals surface area contributed by atoms with Crippen molar-refractivity contribution in [2.75, 3.05) is 12.3 Å². The van der Waals surface area contributed by atoms with Crippen LogP contribution in [-0.4, -0.2) is 22.4 Å². The molecule has 0 saturated heterocycles. The molecule has 20 heavy (non-hydrogen) atoms. The number of aryl methyl sites for hydroxylation is 1. The molecule has 0 unspecified atom stereocenters. The Morgan fingerprint density at radius 1 is 1.35 bits per heavy atom. The average Bonchev–Trinajstić information content (AvgIpc) is 2.38. The van der Waals surface area contributed by atoms with Crippen molar-refractivity contribution in [3.05, 3.63) is 41.3 Å². The van der Waals surface area contributed by atoms with Gasteiger partial charge in [-0.05, 0) is 26.0 Å². The van der Waals surface area contributed by atoms with E-state index in [0.717, 1.165) is 0 Å². The maximum atomic E-state index is 13.9. The number of aromatic nitrogens is 2. The minimum Gasteiger partial charge on any atom is -0.368 e. The number of nitrogen functional groups attached to an aromatic ring is 1. The summed E-state index contributed by atoms with van der Waals surface area (Å²) in [6.45, 7) is 3.90. The lowest BCUT2D eigenvalue weighted by atomic mass is 10.0. The largest absolute Gasteiger partial charge is 0.368 e. The molecular formula is C14H15FN4O. The summed E-state index contributed by atoms with van der Waals surface area (Å²) in [6.07, 6.45) is 0. The summed E-state index contributed by atoms with van der Waals surface area (Å²) in [6, 6.07) is 6.11. The Morgan fingerprint density at radius 2 is 2.05 bits per heavy atom. The molecule has 1 aromatic heterocycles. The van der Waals surface area contributed by atoms with Crippen LogP contribution in [0, 0.1) is 12.7 Å². The van der Waals surface area contributed by atoms with Crippen molar-refractivity contribution in [1.29, 1.82) is 0 Å². The van der Waals surface area contributed by atoms with Crippen LogP contribution in [0.5, 0.6) is 0 Å². The number of halogens is 1. The molecule has 0 aliphatic rings. The second-order valence-electron chi connectivity index (χ2n) is 4.23. The number of rotatable bonds is 3. The Labute approximate surface area is 116 Å². The molecule has 0 fully saturated rings. The van der Waals surface area contributed by atoms with Crippen molar-refractivity contribution in [2.24, 2.45) is 0 Å². The summed E-state index contributed by atoms with van der Waals surface area (Å²) in [7, 11) is 0. The number of carbonyl (C=O) groups is 1. The molecule has 0 radical (unpaired) electrons. The normalized spacial score (nSPS) is 10.3. The maximum absolute atomic E-state index is 13.9. The summed E-state index contributed by atoms with van der Waals surface area (Å²) in [5.74, 6) is -0.799. The molecule has 6 heteroatoms. The highest BCUT2D eigenvalue weighted by molar-refractivity contribution is 6.01. The maximum Gasteiger partial charge on any atom is 0.255 e. The Kier molecular flexibility index (Phi) is 3.93. The van der Waals surface area contributed by atoms with Gasteiger partial charge in [-0.3, -0.25) is 4.79 Å². The zero-order valence-corrected chi connectivity index (χ0v) is 11.3. The summed E-state index contributed by atoms with van der Waals surface area (Å²) in [5, 5.41) is 2.67. The van der Waals surface area contributed by atoms with E-state index in [9.17, 15) is 9.18 Å². The van der Waals surface area contributed by atoms with Gasteiger partial charge in [-0.15, -0.1) is 0 Å². The molecule has 0 aliphatic carbocycles. The fraction of sp³-hybridized carbons (Fsp3) is 0.214. The third-order valence-electron chi connectivity index (χ3n) is 2.80. The van der Waals surface area contributed by atoms with Crippen LogP contribution in [0.1, 0.15) is 23.0 Å². The Bertz CT molecular complexity index is 658. The van der Waals surface area contributed by atoms with Crippen LogP contribution in [0.25, 0.3) is 11.3 Å². The Hall–Kier alpha value is -2.50. The van der Waals surface area contributed by atoms with Gasteiger partial charge in [0.1, 0.15) is 5.82 Å². The first-order chi connectivity index (χ1) is 9.54. The van der Waals surface area contributed by atoms with Gasteiger partial charge < -0.3 is 11.1 Å². The molecule has 1 aromatic carbocycles. The number of nitrogens with two attached hydrogens (primary N) is 1. The third-order valence-corrected chi connectivity index (χ3v) is 2.80. The van der Waals surface area contributed by atoms with E-state index < -0.39 is 5.82 Å². The first kappa shape index (κ1) is 13.9. The third kappa shape index (κ3) is 2.59. The van der Waals surface area contributed by atoms with E-state index in [1.807, 2.05) is 0 Å². The highest BCUT2D eigenvalue weighted by Gasteiger charge is 2.20. The highest BCUT2D eigenvalue weighted by Crippen LogP contribution is 2.26. The number of anilines is 1. The number of amides is 1. The van der Waals surface area contributed by atoms with Crippen molar-refractivity contribution in [3.63, 3.8) is 0 Å². The van der Waals surface area contributed by atoms with Crippen LogP contribution in [0.4, 0.5) is 10.3 Å². The standard InChI is InChI=1S/C14H15FN4O/c1-3-17-13(20)11-8(2)18-14(16)19-12(11)9-6-4-5-7-10(9)15/h4-7H,3H2,1-2H3,(H,17,20)(H2,16,18,19). The molecule has 1 amide bonds. The van der Waals surface area contributed by atoms with Gasteiger partial charge in [0, 0.05) is 12.1 Å². The molecule has 0 saturated carbocycles. The van der Waals surface area contributed by atoms with E-state index in [-0.39, 0.29) is 28.7 Å². The van der Waals surface area contributed by atoms with E-state index in [0.29, 0.717) is 12.2 Å². The van der Waals surface area contributed by atoms with Gasteiger partial charge in [0.2, 0.25) is 5.95 Å². The lowest BCUT2D eigenvalue weighted by Crippen LogP contribution is -2.25. The number of benzene rings is 1. The number of nitrogens with one attached hydrogen (secondary N) is 1. The minimum absolute atomic E-state index is 0.00815. The van der Waals surface area contributed by atoms with Crippen molar-refractivity contribution in [3.8, 4) is 11.3 Å². The summed E-state index contributed by atoms with van der Waals surface area (Å²) in [5.41, 5.74) is 6.71. The monoisotopic (exact) mass is 274 g/mol. The van der Waals surface area contributed by atoms with E-state index >= 15 is 0 Å². The van der Waals surface area contributed by atoms with Crippen LogP contribution in [0.2, 0.25) is 0 Å². The molecule has 2 aromatic rings. The molecule has 1 heterocycles. The van der Waals surface area contributed by atoms with Gasteiger partial charge in [0.25, 0.3) is 5.91 Å². The number of carbonyl (C=O) groups excluding carboxylic acids is 1. The highest BCUT2D eigenvalue weighted by atomic mass is 19.1. The Morgan fingerprint density at radius 3 is 2.70 bits per heavy atom. The summed E-state index contributed by atoms with van der Waals surface area (Å²) < 4.78 is 13.9. The van der Waals surface area contributed by atoms with Gasteiger partial charge in [0.05, 0.1) is 17.0 Å². The van der Waals surface area contributed by atoms with Crippen LogP contribution >= 0.6 is 0 Å². The first-order valence-corrected chi connectivity index (χ1v) is 6.21. The first-order valence-electron chi connectivity index (χ1n) is 6.21. The van der Waals surface area contributed by atoms with Crippen LogP contribution in [0.15, 0.2) is 24.3 Å². The summed E-state index contributed by atoms with van der Waals surface area (Å²) in [4.78, 5) is 20.1. The van der Waals surface area contributed by atoms with Gasteiger partial charge in [-0.2, -0.15) is 0 Å². The van der Waals surface area contributed by atoms with Crippen molar-refractivity contribution in [2.45, 2.75) is 13.8 Å². The SMILES string of the molecule is CCNC(=O)c1c(C)nc(N)nc1-c1ccccc1F. The summed E-state index contributed by atoms with van der Waals surface area (Å²) >= 11 is 0. The second kappa shape index (κ2) is 5.64. The second-order valence-corrected chi connectivity index (χ2v) is 4.23. The van der Waals surface area contributed by atoms with Gasteiger partial charge in [-0.25, -0.2) is 14.4 Å². The van der Waals surface area contributed by atoms with Crippen LogP contribution in [-0.2, 0) is 0 Å². The van der Waals surface area contributed by atoms with Gasteiger partial charge >= 0.3 is 0 Å². The minimum atomic E-state index is -0.462. The Balaban J connectivity index is 2.68. The topological polar surface area (TPSA) is 80.9 Å². The molecule has 0 aliphatic heterocycles. The predicted molar refractivity (Wildman–Crippen MR) is 74.6 cm³/mol. The van der Waals surface area contributed by atoms with E-state index in [2.05, 4.69) is 15.3 Å². The lowest BCUT2D eigenvalue weighted by molar-refractivity contribution is 0.0955. The van der Waals surface area contributed by atoms with Crippen LogP contribution < -0.4 is 11.1 Å². The number of hydrogen-bond acceptors (Lipinski definition) is 4. The predicted octanol–water partition coefficient (Wildman–Crippen LogP) is 1.92. The number of nitrogens with zero attached hydrogens (tertiary/aromatic N) is 2. The van der Waals surface area contributed by atoms with E-state index in [1.54, 1.807) is 32.0 Å². The zero-order chi connectivity index (χ0) is 14.7. The average molecular weight is 274 g/mol. The molecule has 2 rings (SSSR count). The van der Waals surface area contributed by atoms with E-state index in [1.165, 1.54) is 6.07 Å². The molecule has 3 N–H and O–H groups in total. The molecular weight excluding hydrogens is 259 g/mol. The van der Waals surface area contributed by atoms with E-state index in [4.69, 9.17) is 5.73 Å². The van der Waals surface area contributed by atoms with Crippen LogP contribution in [0.3, 0.4) is 0 Å². The molecule has 5 nitrogen and oxygen atoms in total. The fourth-order valence-corrected chi connectivity index (χ4v) is 1.96. The van der Waals surface area contributed by atoms with Gasteiger partial charge in [-0.1, -0.05) is 12.1 Å². The fourth-order valence-electron chi connectivity index (χ4n) is 1.96. The lowest BCUT2D eigenvalue weighted by Gasteiger charge is -2.12. The number of hydrogen-bond donors (Lipinski definition) is 2. The molecule has 104 valence electrons. The van der Waals surface area contributed by atoms with Crippen molar-refractivity contribution >= 4 is 11.9 Å². The molecule has 0 bridgehead atoms. The van der Waals surface area contributed by atoms with Crippen molar-refractivity contribution < 1.29 is 9.18 Å². The quantitative estimate of drug-likeness (QED) is 0.896. The zero-order valence-electron chi connectivity index (χ0n) is 11.3. The van der Waals surface area contributed by atoms with Gasteiger partial charge in [0.15, 0.2) is 0 Å². The molecule has 0 spiro atoms.